The van der Waals surface area contributed by atoms with Crippen LogP contribution >= 0.6 is 0 Å². The monoisotopic (exact) mass is 205 g/mol. The Kier molecular flexibility index (Phi) is 2.91. The molecule has 2 rings (SSSR count). The molecule has 1 aliphatic carbocycles. The van der Waals surface area contributed by atoms with Crippen LogP contribution in [-0.4, -0.2) is 11.0 Å². The minimum absolute atomic E-state index is 0.118. The highest BCUT2D eigenvalue weighted by atomic mass is 15.0. The molecule has 15 heavy (non-hydrogen) atoms. The SMILES string of the molecule is CCC(N)c1cnc(NC2CC2)cc1C. The van der Waals surface area contributed by atoms with Crippen molar-refractivity contribution in [3.05, 3.63) is 23.4 Å². The molecule has 1 fully saturated rings. The third-order valence-corrected chi connectivity index (χ3v) is 2.92. The fourth-order valence-electron chi connectivity index (χ4n) is 1.69. The van der Waals surface area contributed by atoms with Crippen LogP contribution in [0.25, 0.3) is 0 Å². The van der Waals surface area contributed by atoms with Crippen molar-refractivity contribution in [1.29, 1.82) is 0 Å². The van der Waals surface area contributed by atoms with Gasteiger partial charge in [-0.25, -0.2) is 4.98 Å². The van der Waals surface area contributed by atoms with Crippen molar-refractivity contribution in [3.63, 3.8) is 0 Å². The third-order valence-electron chi connectivity index (χ3n) is 2.92. The molecule has 82 valence electrons. The van der Waals surface area contributed by atoms with Crippen LogP contribution < -0.4 is 11.1 Å². The fourth-order valence-corrected chi connectivity index (χ4v) is 1.69. The molecule has 3 N–H and O–H groups in total. The predicted octanol–water partition coefficient (Wildman–Crippen LogP) is 2.37. The first kappa shape index (κ1) is 10.4. The van der Waals surface area contributed by atoms with Gasteiger partial charge in [0.25, 0.3) is 0 Å². The van der Waals surface area contributed by atoms with E-state index in [4.69, 9.17) is 5.73 Å². The van der Waals surface area contributed by atoms with Gasteiger partial charge in [0.2, 0.25) is 0 Å². The average Bonchev–Trinajstić information content (AvgIpc) is 3.01. The third kappa shape index (κ3) is 2.48. The number of nitrogens with two attached hydrogens (primary N) is 1. The Bertz CT molecular complexity index is 345. The molecule has 0 aliphatic heterocycles. The number of nitrogens with zero attached hydrogens (tertiary/aromatic N) is 1. The topological polar surface area (TPSA) is 50.9 Å². The summed E-state index contributed by atoms with van der Waals surface area (Å²) in [5.74, 6) is 0.988. The first-order chi connectivity index (χ1) is 7.20. The molecule has 0 radical (unpaired) electrons. The van der Waals surface area contributed by atoms with Crippen LogP contribution in [-0.2, 0) is 0 Å². The van der Waals surface area contributed by atoms with E-state index in [0.29, 0.717) is 6.04 Å². The van der Waals surface area contributed by atoms with Crippen LogP contribution in [0.4, 0.5) is 5.82 Å². The molecule has 1 aliphatic rings. The van der Waals surface area contributed by atoms with Crippen LogP contribution in [0.15, 0.2) is 12.3 Å². The molecule has 0 spiro atoms. The highest BCUT2D eigenvalue weighted by Crippen LogP contribution is 2.25. The van der Waals surface area contributed by atoms with E-state index in [0.717, 1.165) is 12.2 Å². The first-order valence-electron chi connectivity index (χ1n) is 5.69. The van der Waals surface area contributed by atoms with Crippen molar-refractivity contribution in [2.45, 2.75) is 45.2 Å². The molecule has 1 saturated carbocycles. The predicted molar refractivity (Wildman–Crippen MR) is 62.8 cm³/mol. The lowest BCUT2D eigenvalue weighted by Gasteiger charge is -2.13. The molecule has 1 heterocycles. The summed E-state index contributed by atoms with van der Waals surface area (Å²) in [5.41, 5.74) is 8.40. The number of aromatic nitrogens is 1. The summed E-state index contributed by atoms with van der Waals surface area (Å²) in [6, 6.07) is 2.87. The first-order valence-corrected chi connectivity index (χ1v) is 5.69. The Morgan fingerprint density at radius 2 is 2.33 bits per heavy atom. The lowest BCUT2D eigenvalue weighted by molar-refractivity contribution is 0.690. The van der Waals surface area contributed by atoms with E-state index in [-0.39, 0.29) is 6.04 Å². The van der Waals surface area contributed by atoms with E-state index in [9.17, 15) is 0 Å². The summed E-state index contributed by atoms with van der Waals surface area (Å²) in [5, 5.41) is 3.39. The number of aryl methyl sites for hydroxylation is 1. The minimum Gasteiger partial charge on any atom is -0.367 e. The Morgan fingerprint density at radius 1 is 1.60 bits per heavy atom. The average molecular weight is 205 g/mol. The molecule has 3 nitrogen and oxygen atoms in total. The lowest BCUT2D eigenvalue weighted by Crippen LogP contribution is -2.12. The van der Waals surface area contributed by atoms with Crippen molar-refractivity contribution < 1.29 is 0 Å². The maximum Gasteiger partial charge on any atom is 0.126 e. The lowest BCUT2D eigenvalue weighted by atomic mass is 10.0. The smallest absolute Gasteiger partial charge is 0.126 e. The summed E-state index contributed by atoms with van der Waals surface area (Å²) >= 11 is 0. The van der Waals surface area contributed by atoms with Crippen LogP contribution in [0.5, 0.6) is 0 Å². The second-order valence-electron chi connectivity index (χ2n) is 4.36. The molecule has 3 heteroatoms. The van der Waals surface area contributed by atoms with Crippen molar-refractivity contribution in [3.8, 4) is 0 Å². The van der Waals surface area contributed by atoms with Gasteiger partial charge in [0, 0.05) is 18.3 Å². The maximum atomic E-state index is 6.00. The van der Waals surface area contributed by atoms with Crippen molar-refractivity contribution in [2.75, 3.05) is 5.32 Å². The van der Waals surface area contributed by atoms with E-state index < -0.39 is 0 Å². The molecule has 0 saturated heterocycles. The number of hydrogen-bond acceptors (Lipinski definition) is 3. The quantitative estimate of drug-likeness (QED) is 0.793. The van der Waals surface area contributed by atoms with Crippen molar-refractivity contribution in [1.82, 2.24) is 4.98 Å². The van der Waals surface area contributed by atoms with Gasteiger partial charge in [-0.2, -0.15) is 0 Å². The molecule has 0 amide bonds. The fraction of sp³-hybridized carbons (Fsp3) is 0.583. The van der Waals surface area contributed by atoms with Gasteiger partial charge in [-0.15, -0.1) is 0 Å². The number of nitrogens with one attached hydrogen (secondary N) is 1. The number of rotatable bonds is 4. The number of pyridine rings is 1. The summed E-state index contributed by atoms with van der Waals surface area (Å²) < 4.78 is 0. The normalized spacial score (nSPS) is 17.5. The molecule has 0 aromatic carbocycles. The Morgan fingerprint density at radius 3 is 2.87 bits per heavy atom. The van der Waals surface area contributed by atoms with Gasteiger partial charge >= 0.3 is 0 Å². The molecular weight excluding hydrogens is 186 g/mol. The Labute approximate surface area is 91.1 Å². The summed E-state index contributed by atoms with van der Waals surface area (Å²) in [4.78, 5) is 4.40. The van der Waals surface area contributed by atoms with Gasteiger partial charge in [0.05, 0.1) is 0 Å². The Hall–Kier alpha value is -1.09. The highest BCUT2D eigenvalue weighted by Gasteiger charge is 2.21. The van der Waals surface area contributed by atoms with Gasteiger partial charge in [0.15, 0.2) is 0 Å². The van der Waals surface area contributed by atoms with Crippen molar-refractivity contribution in [2.24, 2.45) is 5.73 Å². The van der Waals surface area contributed by atoms with Gasteiger partial charge in [-0.1, -0.05) is 6.92 Å². The van der Waals surface area contributed by atoms with E-state index in [1.54, 1.807) is 0 Å². The van der Waals surface area contributed by atoms with Gasteiger partial charge in [-0.3, -0.25) is 0 Å². The minimum atomic E-state index is 0.118. The van der Waals surface area contributed by atoms with Crippen LogP contribution in [0.2, 0.25) is 0 Å². The van der Waals surface area contributed by atoms with E-state index >= 15 is 0 Å². The van der Waals surface area contributed by atoms with Crippen LogP contribution in [0.3, 0.4) is 0 Å². The van der Waals surface area contributed by atoms with Gasteiger partial charge in [-0.05, 0) is 43.4 Å². The zero-order valence-electron chi connectivity index (χ0n) is 9.46. The molecule has 1 aromatic rings. The van der Waals surface area contributed by atoms with E-state index in [1.807, 2.05) is 6.20 Å². The second kappa shape index (κ2) is 4.19. The molecular formula is C12H19N3. The molecule has 0 bridgehead atoms. The summed E-state index contributed by atoms with van der Waals surface area (Å²) in [6.07, 6.45) is 5.42. The Balaban J connectivity index is 2.13. The van der Waals surface area contributed by atoms with Crippen molar-refractivity contribution >= 4 is 5.82 Å². The molecule has 1 unspecified atom stereocenters. The molecule has 1 atom stereocenters. The van der Waals surface area contributed by atoms with E-state index in [2.05, 4.69) is 30.2 Å². The number of hydrogen-bond donors (Lipinski definition) is 2. The second-order valence-corrected chi connectivity index (χ2v) is 4.36. The van der Waals surface area contributed by atoms with Gasteiger partial charge in [0.1, 0.15) is 5.82 Å². The highest BCUT2D eigenvalue weighted by molar-refractivity contribution is 5.43. The van der Waals surface area contributed by atoms with E-state index in [1.165, 1.54) is 24.0 Å². The van der Waals surface area contributed by atoms with Crippen LogP contribution in [0.1, 0.15) is 43.4 Å². The summed E-state index contributed by atoms with van der Waals surface area (Å²) in [6.45, 7) is 4.20. The largest absolute Gasteiger partial charge is 0.367 e. The standard InChI is InChI=1S/C12H19N3/c1-3-11(13)10-7-14-12(6-8(10)2)15-9-4-5-9/h6-7,9,11H,3-5,13H2,1-2H3,(H,14,15). The zero-order chi connectivity index (χ0) is 10.8. The zero-order valence-corrected chi connectivity index (χ0v) is 9.46. The molecule has 1 aromatic heterocycles. The summed E-state index contributed by atoms with van der Waals surface area (Å²) in [7, 11) is 0. The number of anilines is 1. The maximum absolute atomic E-state index is 6.00. The van der Waals surface area contributed by atoms with Crippen LogP contribution in [0, 0.1) is 6.92 Å². The van der Waals surface area contributed by atoms with Gasteiger partial charge < -0.3 is 11.1 Å².